The summed E-state index contributed by atoms with van der Waals surface area (Å²) < 4.78 is 5.67. The number of hydrogen-bond donors (Lipinski definition) is 2. The van der Waals surface area contributed by atoms with Gasteiger partial charge in [-0.25, -0.2) is 0 Å². The molecule has 2 aromatic carbocycles. The minimum Gasteiger partial charge on any atom is -0.457 e. The number of carbonyl (C=O) groups excluding carboxylic acids is 1. The second-order valence-corrected chi connectivity index (χ2v) is 4.38. The summed E-state index contributed by atoms with van der Waals surface area (Å²) in [5.74, 6) is 1.25. The lowest BCUT2D eigenvalue weighted by molar-refractivity contribution is 0.102. The van der Waals surface area contributed by atoms with Crippen molar-refractivity contribution in [2.75, 3.05) is 5.32 Å². The van der Waals surface area contributed by atoms with E-state index in [0.717, 1.165) is 5.75 Å². The average molecular weight is 279 g/mol. The number of carbonyl (C=O) groups is 1. The maximum atomic E-state index is 12.0. The smallest absolute Gasteiger partial charge is 0.255 e. The third kappa shape index (κ3) is 3.27. The second kappa shape index (κ2) is 5.92. The monoisotopic (exact) mass is 279 g/mol. The quantitative estimate of drug-likeness (QED) is 0.768. The number of amides is 1. The molecular weight excluding hydrogens is 266 g/mol. The van der Waals surface area contributed by atoms with Crippen molar-refractivity contribution >= 4 is 11.6 Å². The molecule has 1 heterocycles. The van der Waals surface area contributed by atoms with E-state index in [4.69, 9.17) is 4.74 Å². The highest BCUT2D eigenvalue weighted by atomic mass is 16.5. The molecule has 1 amide bonds. The Kier molecular flexibility index (Phi) is 3.64. The fraction of sp³-hybridized carbons (Fsp3) is 0. The molecule has 21 heavy (non-hydrogen) atoms. The number of aromatic amines is 1. The number of hydrogen-bond acceptors (Lipinski definition) is 3. The average Bonchev–Trinajstić information content (AvgIpc) is 3.02. The van der Waals surface area contributed by atoms with Gasteiger partial charge in [-0.2, -0.15) is 5.10 Å². The predicted molar refractivity (Wildman–Crippen MR) is 79.5 cm³/mol. The van der Waals surface area contributed by atoms with Gasteiger partial charge in [0, 0.05) is 11.8 Å². The third-order valence-electron chi connectivity index (χ3n) is 2.85. The van der Waals surface area contributed by atoms with E-state index >= 15 is 0 Å². The maximum absolute atomic E-state index is 12.0. The van der Waals surface area contributed by atoms with Gasteiger partial charge in [0.25, 0.3) is 5.91 Å². The Morgan fingerprint density at radius 2 is 1.71 bits per heavy atom. The van der Waals surface area contributed by atoms with E-state index < -0.39 is 0 Å². The molecule has 5 heteroatoms. The lowest BCUT2D eigenvalue weighted by Crippen LogP contribution is -2.11. The number of benzene rings is 2. The Bertz CT molecular complexity index is 707. The van der Waals surface area contributed by atoms with Crippen LogP contribution < -0.4 is 10.1 Å². The molecule has 0 bridgehead atoms. The molecule has 0 aliphatic carbocycles. The number of para-hydroxylation sites is 1. The Morgan fingerprint density at radius 3 is 2.38 bits per heavy atom. The van der Waals surface area contributed by atoms with Crippen LogP contribution in [-0.4, -0.2) is 16.1 Å². The lowest BCUT2D eigenvalue weighted by atomic mass is 10.2. The van der Waals surface area contributed by atoms with Gasteiger partial charge in [-0.05, 0) is 36.4 Å². The van der Waals surface area contributed by atoms with Crippen molar-refractivity contribution in [3.63, 3.8) is 0 Å². The first kappa shape index (κ1) is 12.9. The van der Waals surface area contributed by atoms with Crippen LogP contribution in [0.15, 0.2) is 67.0 Å². The van der Waals surface area contributed by atoms with Crippen molar-refractivity contribution in [1.82, 2.24) is 10.2 Å². The topological polar surface area (TPSA) is 67.0 Å². The summed E-state index contributed by atoms with van der Waals surface area (Å²) in [7, 11) is 0. The van der Waals surface area contributed by atoms with Gasteiger partial charge in [-0.3, -0.25) is 9.89 Å². The van der Waals surface area contributed by atoms with Crippen LogP contribution in [0.25, 0.3) is 0 Å². The molecule has 0 radical (unpaired) electrons. The molecule has 0 spiro atoms. The Labute approximate surface area is 121 Å². The molecule has 0 fully saturated rings. The minimum absolute atomic E-state index is 0.192. The Balaban J connectivity index is 1.68. The molecule has 0 saturated carbocycles. The molecular formula is C16H13N3O2. The number of nitrogens with one attached hydrogen (secondary N) is 2. The highest BCUT2D eigenvalue weighted by molar-refractivity contribution is 6.04. The standard InChI is InChI=1S/C16H13N3O2/c20-16(19-13-10-17-18-11-13)12-6-8-15(9-7-12)21-14-4-2-1-3-5-14/h1-11H,(H,17,18)(H,19,20). The highest BCUT2D eigenvalue weighted by Gasteiger charge is 2.07. The number of aromatic nitrogens is 2. The van der Waals surface area contributed by atoms with Crippen LogP contribution in [0.3, 0.4) is 0 Å². The maximum Gasteiger partial charge on any atom is 0.255 e. The number of H-pyrrole nitrogens is 1. The van der Waals surface area contributed by atoms with E-state index in [1.165, 1.54) is 0 Å². The van der Waals surface area contributed by atoms with Gasteiger partial charge >= 0.3 is 0 Å². The van der Waals surface area contributed by atoms with Crippen LogP contribution >= 0.6 is 0 Å². The minimum atomic E-state index is -0.192. The SMILES string of the molecule is O=C(Nc1cn[nH]c1)c1ccc(Oc2ccccc2)cc1. The van der Waals surface area contributed by atoms with Crippen LogP contribution in [0.4, 0.5) is 5.69 Å². The summed E-state index contributed by atoms with van der Waals surface area (Å²) in [5, 5.41) is 9.14. The van der Waals surface area contributed by atoms with Gasteiger partial charge in [0.2, 0.25) is 0 Å². The van der Waals surface area contributed by atoms with E-state index in [1.54, 1.807) is 36.7 Å². The Morgan fingerprint density at radius 1 is 1.00 bits per heavy atom. The zero-order chi connectivity index (χ0) is 14.5. The van der Waals surface area contributed by atoms with Gasteiger partial charge in [0.05, 0.1) is 11.9 Å². The summed E-state index contributed by atoms with van der Waals surface area (Å²) in [6.45, 7) is 0. The fourth-order valence-electron chi connectivity index (χ4n) is 1.82. The summed E-state index contributed by atoms with van der Waals surface area (Å²) in [6, 6.07) is 16.4. The first-order valence-electron chi connectivity index (χ1n) is 6.44. The molecule has 0 atom stereocenters. The van der Waals surface area contributed by atoms with E-state index in [0.29, 0.717) is 17.0 Å². The zero-order valence-electron chi connectivity index (χ0n) is 11.1. The number of anilines is 1. The lowest BCUT2D eigenvalue weighted by Gasteiger charge is -2.06. The van der Waals surface area contributed by atoms with Crippen LogP contribution in [0.1, 0.15) is 10.4 Å². The van der Waals surface area contributed by atoms with Crippen LogP contribution in [0.2, 0.25) is 0 Å². The molecule has 104 valence electrons. The molecule has 0 unspecified atom stereocenters. The first-order chi connectivity index (χ1) is 10.3. The zero-order valence-corrected chi connectivity index (χ0v) is 11.1. The van der Waals surface area contributed by atoms with E-state index in [-0.39, 0.29) is 5.91 Å². The second-order valence-electron chi connectivity index (χ2n) is 4.38. The molecule has 1 aromatic heterocycles. The van der Waals surface area contributed by atoms with Gasteiger partial charge < -0.3 is 10.1 Å². The Hall–Kier alpha value is -3.08. The van der Waals surface area contributed by atoms with Gasteiger partial charge in [0.15, 0.2) is 0 Å². The van der Waals surface area contributed by atoms with Gasteiger partial charge in [0.1, 0.15) is 11.5 Å². The molecule has 0 aliphatic rings. The largest absolute Gasteiger partial charge is 0.457 e. The number of rotatable bonds is 4. The van der Waals surface area contributed by atoms with Crippen molar-refractivity contribution in [1.29, 1.82) is 0 Å². The number of ether oxygens (including phenoxy) is 1. The van der Waals surface area contributed by atoms with Crippen molar-refractivity contribution in [2.45, 2.75) is 0 Å². The van der Waals surface area contributed by atoms with E-state index in [2.05, 4.69) is 15.5 Å². The summed E-state index contributed by atoms with van der Waals surface area (Å²) in [4.78, 5) is 12.0. The number of nitrogens with zero attached hydrogens (tertiary/aromatic N) is 1. The van der Waals surface area contributed by atoms with Crippen molar-refractivity contribution in [3.05, 3.63) is 72.6 Å². The van der Waals surface area contributed by atoms with Gasteiger partial charge in [-0.1, -0.05) is 18.2 Å². The van der Waals surface area contributed by atoms with Crippen LogP contribution in [-0.2, 0) is 0 Å². The van der Waals surface area contributed by atoms with Crippen molar-refractivity contribution < 1.29 is 9.53 Å². The van der Waals surface area contributed by atoms with Crippen molar-refractivity contribution in [3.8, 4) is 11.5 Å². The molecule has 3 rings (SSSR count). The fourth-order valence-corrected chi connectivity index (χ4v) is 1.82. The van der Waals surface area contributed by atoms with E-state index in [1.807, 2.05) is 30.3 Å². The van der Waals surface area contributed by atoms with Crippen molar-refractivity contribution in [2.24, 2.45) is 0 Å². The molecule has 2 N–H and O–H groups in total. The molecule has 5 nitrogen and oxygen atoms in total. The first-order valence-corrected chi connectivity index (χ1v) is 6.44. The molecule has 0 saturated heterocycles. The third-order valence-corrected chi connectivity index (χ3v) is 2.85. The molecule has 3 aromatic rings. The van der Waals surface area contributed by atoms with Crippen LogP contribution in [0.5, 0.6) is 11.5 Å². The highest BCUT2D eigenvalue weighted by Crippen LogP contribution is 2.21. The van der Waals surface area contributed by atoms with Gasteiger partial charge in [-0.15, -0.1) is 0 Å². The molecule has 0 aliphatic heterocycles. The van der Waals surface area contributed by atoms with E-state index in [9.17, 15) is 4.79 Å². The van der Waals surface area contributed by atoms with Crippen LogP contribution in [0, 0.1) is 0 Å². The summed E-state index contributed by atoms with van der Waals surface area (Å²) in [5.41, 5.74) is 1.18. The predicted octanol–water partition coefficient (Wildman–Crippen LogP) is 3.45. The summed E-state index contributed by atoms with van der Waals surface area (Å²) in [6.07, 6.45) is 3.16. The summed E-state index contributed by atoms with van der Waals surface area (Å²) >= 11 is 0. The normalized spacial score (nSPS) is 10.1.